The number of nitrogens with zero attached hydrogens (tertiary/aromatic N) is 4. The van der Waals surface area contributed by atoms with Crippen LogP contribution in [0.15, 0.2) is 17.2 Å². The van der Waals surface area contributed by atoms with Crippen LogP contribution in [0.4, 0.5) is 5.95 Å². The van der Waals surface area contributed by atoms with Gasteiger partial charge in [-0.25, -0.2) is 9.20 Å². The average molecular weight is 409 g/mol. The lowest BCUT2D eigenvalue weighted by molar-refractivity contribution is -0.0541. The van der Waals surface area contributed by atoms with E-state index < -0.39 is 34.3 Å². The first-order valence-corrected chi connectivity index (χ1v) is 7.02. The number of nitrogen functional groups attached to an aromatic ring is 1. The molecule has 0 aliphatic carbocycles. The van der Waals surface area contributed by atoms with Crippen LogP contribution in [0.25, 0.3) is 5.78 Å². The zero-order chi connectivity index (χ0) is 15.4. The van der Waals surface area contributed by atoms with Gasteiger partial charge in [-0.05, 0) is 22.6 Å². The summed E-state index contributed by atoms with van der Waals surface area (Å²) in [7, 11) is 0. The maximum Gasteiger partial charge on any atom is 0.357 e. The van der Waals surface area contributed by atoms with Crippen LogP contribution in [0.5, 0.6) is 0 Å². The lowest BCUT2D eigenvalue weighted by Gasteiger charge is -2.25. The van der Waals surface area contributed by atoms with Crippen molar-refractivity contribution >= 4 is 34.3 Å². The second-order valence-corrected chi connectivity index (χ2v) is 6.35. The van der Waals surface area contributed by atoms with Gasteiger partial charge in [0.2, 0.25) is 11.7 Å². The summed E-state index contributed by atoms with van der Waals surface area (Å²) in [6.07, 6.45) is -0.465. The number of hydrogen-bond donors (Lipinski definition) is 4. The summed E-state index contributed by atoms with van der Waals surface area (Å²) < 4.78 is 6.23. The first-order valence-electron chi connectivity index (χ1n) is 5.94. The molecule has 0 aromatic carbocycles. The normalized spacial score (nSPS) is 32.9. The fourth-order valence-corrected chi connectivity index (χ4v) is 3.11. The van der Waals surface area contributed by atoms with Gasteiger partial charge in [-0.2, -0.15) is 9.97 Å². The van der Waals surface area contributed by atoms with E-state index in [-0.39, 0.29) is 11.7 Å². The van der Waals surface area contributed by atoms with E-state index in [4.69, 9.17) is 10.5 Å². The minimum Gasteiger partial charge on any atom is -0.394 e. The Balaban J connectivity index is 2.15. The predicted molar refractivity (Wildman–Crippen MR) is 77.6 cm³/mol. The number of halogens is 1. The highest BCUT2D eigenvalue weighted by molar-refractivity contribution is 14.1. The van der Waals surface area contributed by atoms with E-state index in [0.29, 0.717) is 0 Å². The molecule has 0 radical (unpaired) electrons. The molecule has 21 heavy (non-hydrogen) atoms. The molecular formula is C10H12IN5O5. The first-order chi connectivity index (χ1) is 9.86. The number of nitrogens with two attached hydrogens (primary N) is 1. The Kier molecular flexibility index (Phi) is 3.40. The Morgan fingerprint density at radius 1 is 1.48 bits per heavy atom. The smallest absolute Gasteiger partial charge is 0.357 e. The summed E-state index contributed by atoms with van der Waals surface area (Å²) in [5.74, 6) is -0.104. The van der Waals surface area contributed by atoms with Gasteiger partial charge in [-0.15, -0.1) is 0 Å². The predicted octanol–water partition coefficient (Wildman–Crippen LogP) is -2.15. The molecule has 114 valence electrons. The fraction of sp³-hybridized carbons (Fsp3) is 0.500. The molecular weight excluding hydrogens is 397 g/mol. The molecule has 1 aliphatic heterocycles. The summed E-state index contributed by atoms with van der Waals surface area (Å²) in [5, 5.41) is 29.6. The van der Waals surface area contributed by atoms with Crippen molar-refractivity contribution in [2.24, 2.45) is 0 Å². The maximum atomic E-state index is 11.7. The molecule has 0 unspecified atom stereocenters. The summed E-state index contributed by atoms with van der Waals surface area (Å²) >= 11 is 1.63. The Morgan fingerprint density at radius 3 is 2.81 bits per heavy atom. The summed E-state index contributed by atoms with van der Waals surface area (Å²) in [6.45, 7) is -0.459. The highest BCUT2D eigenvalue weighted by Gasteiger charge is 2.54. The first kappa shape index (κ1) is 14.6. The lowest BCUT2D eigenvalue weighted by Crippen LogP contribution is -2.41. The molecule has 11 heteroatoms. The molecule has 4 atom stereocenters. The third kappa shape index (κ3) is 2.12. The van der Waals surface area contributed by atoms with Crippen molar-refractivity contribution in [3.05, 3.63) is 22.9 Å². The third-order valence-corrected chi connectivity index (χ3v) is 4.47. The number of alkyl halides is 1. The summed E-state index contributed by atoms with van der Waals surface area (Å²) in [6, 6.07) is 0. The van der Waals surface area contributed by atoms with E-state index in [9.17, 15) is 20.1 Å². The largest absolute Gasteiger partial charge is 0.394 e. The Hall–Kier alpha value is -1.28. The van der Waals surface area contributed by atoms with Crippen LogP contribution in [0.1, 0.15) is 6.23 Å². The lowest BCUT2D eigenvalue weighted by atomic mass is 10.1. The van der Waals surface area contributed by atoms with Gasteiger partial charge >= 0.3 is 5.69 Å². The van der Waals surface area contributed by atoms with Gasteiger partial charge in [-0.3, -0.25) is 4.57 Å². The molecule has 5 N–H and O–H groups in total. The number of aliphatic hydroxyl groups excluding tert-OH is 2. The number of aliphatic hydroxyl groups is 3. The standard InChI is InChI=1S/C10H12IN5O5/c11-10(20)5(18)4(3-17)21-6(10)15-1-2-16-8(15)13-7(12)14-9(16)19/h1-2,4-6,17-18,20H,3H2,(H2,12,14,19)/t4-,5-,6-,10-/m1/s1. The van der Waals surface area contributed by atoms with Crippen LogP contribution in [0.2, 0.25) is 0 Å². The number of imidazole rings is 1. The van der Waals surface area contributed by atoms with Crippen LogP contribution < -0.4 is 11.4 Å². The van der Waals surface area contributed by atoms with Gasteiger partial charge in [-0.1, -0.05) is 0 Å². The van der Waals surface area contributed by atoms with E-state index in [1.54, 1.807) is 22.6 Å². The number of hydrogen-bond acceptors (Lipinski definition) is 8. The van der Waals surface area contributed by atoms with Crippen LogP contribution in [-0.2, 0) is 4.74 Å². The van der Waals surface area contributed by atoms with Crippen LogP contribution in [0, 0.1) is 0 Å². The maximum absolute atomic E-state index is 11.7. The quantitative estimate of drug-likeness (QED) is 0.324. The molecule has 3 heterocycles. The number of fused-ring (bicyclic) bond motifs is 1. The molecule has 0 saturated carbocycles. The monoisotopic (exact) mass is 409 g/mol. The number of anilines is 1. The number of ether oxygens (including phenoxy) is 1. The second-order valence-electron chi connectivity index (χ2n) is 4.62. The highest BCUT2D eigenvalue weighted by atomic mass is 127. The highest BCUT2D eigenvalue weighted by Crippen LogP contribution is 2.43. The molecule has 10 nitrogen and oxygen atoms in total. The van der Waals surface area contributed by atoms with Gasteiger partial charge in [0.15, 0.2) is 9.84 Å². The molecule has 2 aromatic heterocycles. The second kappa shape index (κ2) is 4.88. The Labute approximate surface area is 130 Å². The minimum absolute atomic E-state index is 0.110. The Bertz CT molecular complexity index is 743. The SMILES string of the molecule is Nc1nc(=O)n2ccn([C@@H]3O[C@H](CO)[C@@H](O)[C@]3(O)I)c2n1. The van der Waals surface area contributed by atoms with Crippen molar-refractivity contribution in [1.29, 1.82) is 0 Å². The number of rotatable bonds is 2. The third-order valence-electron chi connectivity index (χ3n) is 3.30. The number of aromatic nitrogens is 4. The molecule has 0 spiro atoms. The van der Waals surface area contributed by atoms with Crippen molar-refractivity contribution in [3.63, 3.8) is 0 Å². The van der Waals surface area contributed by atoms with Crippen molar-refractivity contribution in [1.82, 2.24) is 18.9 Å². The van der Waals surface area contributed by atoms with Crippen molar-refractivity contribution in [3.8, 4) is 0 Å². The molecule has 0 amide bonds. The van der Waals surface area contributed by atoms with Gasteiger partial charge < -0.3 is 25.8 Å². The van der Waals surface area contributed by atoms with Crippen LogP contribution in [0.3, 0.4) is 0 Å². The van der Waals surface area contributed by atoms with E-state index in [1.807, 2.05) is 0 Å². The molecule has 1 saturated heterocycles. The average Bonchev–Trinajstić information content (AvgIpc) is 2.91. The molecule has 2 aromatic rings. The zero-order valence-electron chi connectivity index (χ0n) is 10.5. The zero-order valence-corrected chi connectivity index (χ0v) is 12.7. The molecule has 3 rings (SSSR count). The van der Waals surface area contributed by atoms with E-state index in [0.717, 1.165) is 4.40 Å². The molecule has 1 aliphatic rings. The topological polar surface area (TPSA) is 148 Å². The van der Waals surface area contributed by atoms with Crippen LogP contribution >= 0.6 is 22.6 Å². The molecule has 1 fully saturated rings. The Morgan fingerprint density at radius 2 is 2.19 bits per heavy atom. The fourth-order valence-electron chi connectivity index (χ4n) is 2.27. The van der Waals surface area contributed by atoms with Crippen LogP contribution in [-0.4, -0.2) is 56.7 Å². The van der Waals surface area contributed by atoms with Crippen molar-refractivity contribution < 1.29 is 20.1 Å². The van der Waals surface area contributed by atoms with E-state index >= 15 is 0 Å². The summed E-state index contributed by atoms with van der Waals surface area (Å²) in [4.78, 5) is 19.1. The van der Waals surface area contributed by atoms with Crippen molar-refractivity contribution in [2.45, 2.75) is 22.0 Å². The van der Waals surface area contributed by atoms with E-state index in [1.165, 1.54) is 17.0 Å². The minimum atomic E-state index is -1.71. The van der Waals surface area contributed by atoms with Gasteiger partial charge in [0.1, 0.15) is 12.2 Å². The summed E-state index contributed by atoms with van der Waals surface area (Å²) in [5.41, 5.74) is 4.84. The van der Waals surface area contributed by atoms with Gasteiger partial charge in [0.25, 0.3) is 0 Å². The van der Waals surface area contributed by atoms with Crippen molar-refractivity contribution in [2.75, 3.05) is 12.3 Å². The molecule has 0 bridgehead atoms. The van der Waals surface area contributed by atoms with E-state index in [2.05, 4.69) is 9.97 Å². The van der Waals surface area contributed by atoms with Gasteiger partial charge in [0.05, 0.1) is 6.61 Å². The van der Waals surface area contributed by atoms with Gasteiger partial charge in [0, 0.05) is 12.4 Å².